The van der Waals surface area contributed by atoms with Crippen LogP contribution >= 0.6 is 23.2 Å². The van der Waals surface area contributed by atoms with Crippen molar-refractivity contribution in [3.63, 3.8) is 0 Å². The minimum absolute atomic E-state index is 0.00828. The molecule has 2 fully saturated rings. The van der Waals surface area contributed by atoms with Gasteiger partial charge in [-0.25, -0.2) is 0 Å². The molecular formula is C16H18Cl2F2N2O2. The Morgan fingerprint density at radius 3 is 2.88 bits per heavy atom. The zero-order valence-corrected chi connectivity index (χ0v) is 14.6. The number of hydrogen-bond acceptors (Lipinski definition) is 3. The lowest BCUT2D eigenvalue weighted by molar-refractivity contribution is -0.119. The van der Waals surface area contributed by atoms with Gasteiger partial charge in [0.15, 0.2) is 0 Å². The molecule has 8 heteroatoms. The SMILES string of the molecule is CC1(Cl)CC(c2c(Cl)cncc2OC(F)F)CCC2CC(=O)NC21. The number of nitrogens with zero attached hydrogens (tertiary/aromatic N) is 1. The van der Waals surface area contributed by atoms with Crippen molar-refractivity contribution in [1.82, 2.24) is 10.3 Å². The van der Waals surface area contributed by atoms with Crippen LogP contribution in [0.5, 0.6) is 5.75 Å². The number of pyridine rings is 1. The summed E-state index contributed by atoms with van der Waals surface area (Å²) in [6.45, 7) is -1.07. The second kappa shape index (κ2) is 6.64. The molecule has 1 amide bonds. The molecule has 4 nitrogen and oxygen atoms in total. The molecule has 1 saturated carbocycles. The number of aromatic nitrogens is 1. The highest BCUT2D eigenvalue weighted by Gasteiger charge is 2.47. The summed E-state index contributed by atoms with van der Waals surface area (Å²) in [5, 5.41) is 3.25. The third-order valence-corrected chi connectivity index (χ3v) is 5.63. The fourth-order valence-corrected chi connectivity index (χ4v) is 4.73. The zero-order chi connectivity index (χ0) is 17.5. The van der Waals surface area contributed by atoms with Gasteiger partial charge in [-0.1, -0.05) is 11.6 Å². The van der Waals surface area contributed by atoms with E-state index in [9.17, 15) is 13.6 Å². The number of halogens is 4. The topological polar surface area (TPSA) is 51.2 Å². The minimum atomic E-state index is -2.95. The number of carbonyl (C=O) groups is 1. The van der Waals surface area contributed by atoms with Crippen molar-refractivity contribution in [2.75, 3.05) is 0 Å². The molecule has 0 spiro atoms. The van der Waals surface area contributed by atoms with Crippen LogP contribution in [-0.2, 0) is 4.79 Å². The van der Waals surface area contributed by atoms with Crippen molar-refractivity contribution in [2.24, 2.45) is 5.92 Å². The number of amides is 1. The van der Waals surface area contributed by atoms with Crippen molar-refractivity contribution < 1.29 is 18.3 Å². The van der Waals surface area contributed by atoms with Crippen molar-refractivity contribution >= 4 is 29.1 Å². The van der Waals surface area contributed by atoms with Crippen LogP contribution in [-0.4, -0.2) is 28.4 Å². The highest BCUT2D eigenvalue weighted by atomic mass is 35.5. The number of carbonyl (C=O) groups excluding carboxylic acids is 1. The average molecular weight is 379 g/mol. The Morgan fingerprint density at radius 2 is 2.17 bits per heavy atom. The number of ether oxygens (including phenoxy) is 1. The van der Waals surface area contributed by atoms with Crippen LogP contribution in [0, 0.1) is 5.92 Å². The van der Waals surface area contributed by atoms with Gasteiger partial charge in [0.25, 0.3) is 0 Å². The van der Waals surface area contributed by atoms with Gasteiger partial charge in [-0.2, -0.15) is 8.78 Å². The molecule has 1 aromatic heterocycles. The number of rotatable bonds is 3. The molecule has 0 radical (unpaired) electrons. The van der Waals surface area contributed by atoms with Crippen molar-refractivity contribution in [1.29, 1.82) is 0 Å². The number of fused-ring (bicyclic) bond motifs is 1. The van der Waals surface area contributed by atoms with E-state index in [-0.39, 0.29) is 29.5 Å². The molecule has 1 N–H and O–H groups in total. The van der Waals surface area contributed by atoms with Crippen LogP contribution < -0.4 is 10.1 Å². The second-order valence-electron chi connectivity index (χ2n) is 6.68. The highest BCUT2D eigenvalue weighted by Crippen LogP contribution is 2.48. The van der Waals surface area contributed by atoms with E-state index < -0.39 is 11.5 Å². The third-order valence-electron chi connectivity index (χ3n) is 4.94. The smallest absolute Gasteiger partial charge is 0.387 e. The van der Waals surface area contributed by atoms with Crippen LogP contribution in [0.2, 0.25) is 5.02 Å². The molecule has 132 valence electrons. The first-order valence-electron chi connectivity index (χ1n) is 7.84. The summed E-state index contributed by atoms with van der Waals surface area (Å²) in [5.74, 6) is 0.00869. The number of hydrogen-bond donors (Lipinski definition) is 1. The Bertz CT molecular complexity index is 643. The maximum atomic E-state index is 12.7. The van der Waals surface area contributed by atoms with Gasteiger partial charge in [0.1, 0.15) is 5.75 Å². The number of nitrogens with one attached hydrogen (secondary N) is 1. The molecule has 1 saturated heterocycles. The zero-order valence-electron chi connectivity index (χ0n) is 13.1. The van der Waals surface area contributed by atoms with Crippen LogP contribution in [0.25, 0.3) is 0 Å². The van der Waals surface area contributed by atoms with Gasteiger partial charge in [-0.05, 0) is 38.0 Å². The first-order valence-corrected chi connectivity index (χ1v) is 8.60. The average Bonchev–Trinajstić information content (AvgIpc) is 2.80. The predicted molar refractivity (Wildman–Crippen MR) is 86.8 cm³/mol. The lowest BCUT2D eigenvalue weighted by Gasteiger charge is -2.32. The molecule has 3 rings (SSSR count). The molecule has 4 unspecified atom stereocenters. The van der Waals surface area contributed by atoms with E-state index in [0.29, 0.717) is 29.8 Å². The van der Waals surface area contributed by atoms with E-state index in [2.05, 4.69) is 15.0 Å². The molecule has 24 heavy (non-hydrogen) atoms. The van der Waals surface area contributed by atoms with Crippen LogP contribution in [0.15, 0.2) is 12.4 Å². The summed E-state index contributed by atoms with van der Waals surface area (Å²) in [7, 11) is 0. The van der Waals surface area contributed by atoms with Crippen LogP contribution in [0.4, 0.5) is 8.78 Å². The molecule has 1 aromatic rings. The fraction of sp³-hybridized carbons (Fsp3) is 0.625. The Balaban J connectivity index is 1.92. The largest absolute Gasteiger partial charge is 0.433 e. The van der Waals surface area contributed by atoms with Crippen LogP contribution in [0.1, 0.15) is 44.1 Å². The summed E-state index contributed by atoms with van der Waals surface area (Å²) in [5.41, 5.74) is 0.519. The maximum Gasteiger partial charge on any atom is 0.387 e. The predicted octanol–water partition coefficient (Wildman–Crippen LogP) is 4.11. The van der Waals surface area contributed by atoms with Gasteiger partial charge in [0, 0.05) is 18.2 Å². The normalized spacial score (nSPS) is 33.1. The summed E-state index contributed by atoms with van der Waals surface area (Å²) < 4.78 is 30.0. The molecule has 1 aliphatic heterocycles. The molecule has 2 aliphatic rings. The van der Waals surface area contributed by atoms with Gasteiger partial charge < -0.3 is 10.1 Å². The molecule has 0 aromatic carbocycles. The first kappa shape index (κ1) is 17.7. The van der Waals surface area contributed by atoms with Gasteiger partial charge in [-0.3, -0.25) is 9.78 Å². The van der Waals surface area contributed by atoms with Gasteiger partial charge >= 0.3 is 6.61 Å². The van der Waals surface area contributed by atoms with E-state index in [1.54, 1.807) is 0 Å². The number of alkyl halides is 3. The molecule has 4 atom stereocenters. The third kappa shape index (κ3) is 3.45. The summed E-state index contributed by atoms with van der Waals surface area (Å²) in [4.78, 5) is 14.8. The Hall–Kier alpha value is -1.14. The highest BCUT2D eigenvalue weighted by molar-refractivity contribution is 6.31. The lowest BCUT2D eigenvalue weighted by atomic mass is 9.86. The standard InChI is InChI=1S/C16H18Cl2F2N2O2/c1-16(18)5-9(3-2-8-4-12(23)22-14(8)16)13-10(17)6-21-7-11(13)24-15(19)20/h6-9,14-15H,2-5H2,1H3,(H,22,23). The lowest BCUT2D eigenvalue weighted by Crippen LogP contribution is -2.45. The Morgan fingerprint density at radius 1 is 1.42 bits per heavy atom. The van der Waals surface area contributed by atoms with E-state index in [1.165, 1.54) is 12.4 Å². The van der Waals surface area contributed by atoms with Crippen molar-refractivity contribution in [3.05, 3.63) is 23.0 Å². The van der Waals surface area contributed by atoms with Crippen molar-refractivity contribution in [3.8, 4) is 5.75 Å². The molecule has 2 heterocycles. The second-order valence-corrected chi connectivity index (χ2v) is 7.95. The summed E-state index contributed by atoms with van der Waals surface area (Å²) in [6, 6.07) is -0.128. The summed E-state index contributed by atoms with van der Waals surface area (Å²) in [6.07, 6.45) is 5.09. The molecule has 0 bridgehead atoms. The molecular weight excluding hydrogens is 361 g/mol. The van der Waals surface area contributed by atoms with Crippen molar-refractivity contribution in [2.45, 2.75) is 56.1 Å². The van der Waals surface area contributed by atoms with Gasteiger partial charge in [0.2, 0.25) is 5.91 Å². The monoisotopic (exact) mass is 378 g/mol. The fourth-order valence-electron chi connectivity index (χ4n) is 4.00. The van der Waals surface area contributed by atoms with E-state index >= 15 is 0 Å². The van der Waals surface area contributed by atoms with E-state index in [0.717, 1.165) is 6.42 Å². The maximum absolute atomic E-state index is 12.7. The van der Waals surface area contributed by atoms with Crippen LogP contribution in [0.3, 0.4) is 0 Å². The van der Waals surface area contributed by atoms with Gasteiger partial charge in [-0.15, -0.1) is 11.6 Å². The van der Waals surface area contributed by atoms with E-state index in [1.807, 2.05) is 6.92 Å². The Labute approximate surface area is 148 Å². The quantitative estimate of drug-likeness (QED) is 0.805. The van der Waals surface area contributed by atoms with Gasteiger partial charge in [0.05, 0.1) is 22.1 Å². The minimum Gasteiger partial charge on any atom is -0.433 e. The first-order chi connectivity index (χ1) is 11.3. The molecule has 1 aliphatic carbocycles. The van der Waals surface area contributed by atoms with E-state index in [4.69, 9.17) is 23.2 Å². The Kier molecular flexibility index (Phi) is 4.89. The summed E-state index contributed by atoms with van der Waals surface area (Å²) >= 11 is 13.0.